The zero-order valence-electron chi connectivity index (χ0n) is 19.8. The van der Waals surface area contributed by atoms with Crippen molar-refractivity contribution in [2.75, 3.05) is 13.1 Å². The second-order valence-corrected chi connectivity index (χ2v) is 10.2. The molecule has 1 aliphatic heterocycles. The second-order valence-electron chi connectivity index (χ2n) is 8.80. The maximum atomic E-state index is 11.5. The summed E-state index contributed by atoms with van der Waals surface area (Å²) in [6.07, 6.45) is 3.42. The van der Waals surface area contributed by atoms with Crippen LogP contribution in [0.2, 0.25) is 5.02 Å². The van der Waals surface area contributed by atoms with Gasteiger partial charge < -0.3 is 9.84 Å². The summed E-state index contributed by atoms with van der Waals surface area (Å²) in [5, 5.41) is 20.6. The molecule has 1 aromatic heterocycles. The average molecular weight is 500 g/mol. The highest BCUT2D eigenvalue weighted by Gasteiger charge is 2.30. The number of carbonyl (C=O) groups is 1. The van der Waals surface area contributed by atoms with Gasteiger partial charge in [0.1, 0.15) is 21.8 Å². The molecular weight excluding hydrogens is 470 g/mol. The van der Waals surface area contributed by atoms with Gasteiger partial charge in [-0.1, -0.05) is 48.1 Å². The van der Waals surface area contributed by atoms with Gasteiger partial charge in [0.05, 0.1) is 11.1 Å². The molecule has 0 aliphatic carbocycles. The second kappa shape index (κ2) is 10.8. The zero-order valence-corrected chi connectivity index (χ0v) is 21.3. The molecule has 4 rings (SSSR count). The van der Waals surface area contributed by atoms with Crippen molar-refractivity contribution in [3.05, 3.63) is 52.5 Å². The van der Waals surface area contributed by atoms with E-state index in [-0.39, 0.29) is 12.1 Å². The molecule has 0 saturated carbocycles. The largest absolute Gasteiger partial charge is 0.489 e. The van der Waals surface area contributed by atoms with Gasteiger partial charge in [-0.05, 0) is 75.4 Å². The number of likely N-dealkylation sites (tertiary alicyclic amines) is 1. The van der Waals surface area contributed by atoms with Crippen molar-refractivity contribution in [3.8, 4) is 26.9 Å². The van der Waals surface area contributed by atoms with Crippen molar-refractivity contribution in [3.63, 3.8) is 0 Å². The minimum Gasteiger partial charge on any atom is -0.489 e. The van der Waals surface area contributed by atoms with Crippen LogP contribution in [0.15, 0.2) is 36.4 Å². The number of benzene rings is 2. The Hall–Kier alpha value is -2.48. The van der Waals surface area contributed by atoms with E-state index >= 15 is 0 Å². The summed E-state index contributed by atoms with van der Waals surface area (Å²) in [7, 11) is 0. The first kappa shape index (κ1) is 24.6. The third kappa shape index (κ3) is 5.43. The topological polar surface area (TPSA) is 75.6 Å². The molecule has 180 valence electrons. The highest BCUT2D eigenvalue weighted by Crippen LogP contribution is 2.36. The number of aliphatic carboxylic acids is 1. The van der Waals surface area contributed by atoms with E-state index in [1.807, 2.05) is 32.0 Å². The molecule has 1 saturated heterocycles. The van der Waals surface area contributed by atoms with Crippen LogP contribution >= 0.6 is 22.9 Å². The molecule has 1 atom stereocenters. The summed E-state index contributed by atoms with van der Waals surface area (Å²) < 4.78 is 5.73. The van der Waals surface area contributed by atoms with Crippen LogP contribution in [-0.4, -0.2) is 51.4 Å². The molecule has 0 amide bonds. The van der Waals surface area contributed by atoms with Crippen molar-refractivity contribution in [1.82, 2.24) is 15.1 Å². The molecule has 1 aliphatic rings. The number of hydrogen-bond acceptors (Lipinski definition) is 6. The predicted octanol–water partition coefficient (Wildman–Crippen LogP) is 5.97. The summed E-state index contributed by atoms with van der Waals surface area (Å²) in [6.45, 7) is 7.68. The van der Waals surface area contributed by atoms with Gasteiger partial charge in [0, 0.05) is 17.7 Å². The Morgan fingerprint density at radius 1 is 1.26 bits per heavy atom. The van der Waals surface area contributed by atoms with Crippen LogP contribution in [0.1, 0.15) is 44.7 Å². The van der Waals surface area contributed by atoms with Gasteiger partial charge in [-0.2, -0.15) is 0 Å². The molecule has 2 aromatic carbocycles. The fourth-order valence-corrected chi connectivity index (χ4v) is 5.67. The summed E-state index contributed by atoms with van der Waals surface area (Å²) in [6, 6.07) is 11.6. The van der Waals surface area contributed by atoms with E-state index in [1.165, 1.54) is 11.1 Å². The number of ether oxygens (including phenoxy) is 1. The number of rotatable bonds is 9. The highest BCUT2D eigenvalue weighted by molar-refractivity contribution is 7.17. The third-order valence-electron chi connectivity index (χ3n) is 6.14. The summed E-state index contributed by atoms with van der Waals surface area (Å²) in [5.41, 5.74) is 4.49. The lowest BCUT2D eigenvalue weighted by atomic mass is 9.96. The Bertz CT molecular complexity index is 1160. The summed E-state index contributed by atoms with van der Waals surface area (Å²) in [4.78, 5) is 13.6. The molecule has 0 bridgehead atoms. The quantitative estimate of drug-likeness (QED) is 0.391. The Morgan fingerprint density at radius 2 is 2.06 bits per heavy atom. The lowest BCUT2D eigenvalue weighted by Crippen LogP contribution is -2.37. The van der Waals surface area contributed by atoms with Crippen LogP contribution in [0, 0.1) is 0 Å². The standard InChI is InChI=1S/C26H30ClN3O3S/c1-4-19-17(12-14-30-13-6-9-22(30)26(31)32)7-5-8-20(19)25-29-28-24(34-25)18-10-11-23(21(27)15-18)33-16(2)3/h5,7-8,10-11,15-16,22H,4,6,9,12-14H2,1-3H3,(H,31,32). The van der Waals surface area contributed by atoms with Crippen molar-refractivity contribution in [2.45, 2.75) is 58.6 Å². The van der Waals surface area contributed by atoms with Crippen LogP contribution < -0.4 is 4.74 Å². The van der Waals surface area contributed by atoms with Gasteiger partial charge >= 0.3 is 5.97 Å². The van der Waals surface area contributed by atoms with Gasteiger partial charge in [-0.15, -0.1) is 10.2 Å². The number of halogens is 1. The third-order valence-corrected chi connectivity index (χ3v) is 7.44. The molecule has 1 fully saturated rings. The molecule has 3 aromatic rings. The molecule has 0 spiro atoms. The minimum atomic E-state index is -0.716. The van der Waals surface area contributed by atoms with E-state index in [2.05, 4.69) is 40.2 Å². The molecular formula is C26H30ClN3O3S. The number of nitrogens with zero attached hydrogens (tertiary/aromatic N) is 3. The van der Waals surface area contributed by atoms with Crippen LogP contribution in [0.5, 0.6) is 5.75 Å². The zero-order chi connectivity index (χ0) is 24.2. The van der Waals surface area contributed by atoms with E-state index in [0.717, 1.165) is 59.9 Å². The van der Waals surface area contributed by atoms with Crippen molar-refractivity contribution in [1.29, 1.82) is 0 Å². The summed E-state index contributed by atoms with van der Waals surface area (Å²) in [5.74, 6) is -0.0541. The maximum absolute atomic E-state index is 11.5. The van der Waals surface area contributed by atoms with Gasteiger partial charge in [-0.3, -0.25) is 9.69 Å². The Balaban J connectivity index is 1.55. The fraction of sp³-hybridized carbons (Fsp3) is 0.423. The van der Waals surface area contributed by atoms with E-state index in [0.29, 0.717) is 10.8 Å². The van der Waals surface area contributed by atoms with Gasteiger partial charge in [0.25, 0.3) is 0 Å². The van der Waals surface area contributed by atoms with E-state index < -0.39 is 5.97 Å². The first-order chi connectivity index (χ1) is 16.4. The monoisotopic (exact) mass is 499 g/mol. The van der Waals surface area contributed by atoms with E-state index in [4.69, 9.17) is 16.3 Å². The SMILES string of the molecule is CCc1c(CCN2CCCC2C(=O)O)cccc1-c1nnc(-c2ccc(OC(C)C)c(Cl)c2)s1. The number of carboxylic acids is 1. The number of hydrogen-bond donors (Lipinski definition) is 1. The summed E-state index contributed by atoms with van der Waals surface area (Å²) >= 11 is 7.97. The van der Waals surface area contributed by atoms with E-state index in [1.54, 1.807) is 11.3 Å². The van der Waals surface area contributed by atoms with Crippen molar-refractivity contribution in [2.24, 2.45) is 0 Å². The molecule has 1 N–H and O–H groups in total. The molecule has 6 nitrogen and oxygen atoms in total. The van der Waals surface area contributed by atoms with Crippen LogP contribution in [-0.2, 0) is 17.6 Å². The minimum absolute atomic E-state index is 0.0525. The van der Waals surface area contributed by atoms with Gasteiger partial charge in [0.15, 0.2) is 0 Å². The predicted molar refractivity (Wildman–Crippen MR) is 137 cm³/mol. The first-order valence-electron chi connectivity index (χ1n) is 11.8. The van der Waals surface area contributed by atoms with Crippen LogP contribution in [0.3, 0.4) is 0 Å². The Kier molecular flexibility index (Phi) is 7.86. The molecule has 34 heavy (non-hydrogen) atoms. The molecule has 0 radical (unpaired) electrons. The van der Waals surface area contributed by atoms with Gasteiger partial charge in [-0.25, -0.2) is 0 Å². The average Bonchev–Trinajstić information content (AvgIpc) is 3.48. The molecule has 1 unspecified atom stereocenters. The Morgan fingerprint density at radius 3 is 2.76 bits per heavy atom. The smallest absolute Gasteiger partial charge is 0.320 e. The normalized spacial score (nSPS) is 16.3. The molecule has 8 heteroatoms. The first-order valence-corrected chi connectivity index (χ1v) is 12.9. The highest BCUT2D eigenvalue weighted by atomic mass is 35.5. The van der Waals surface area contributed by atoms with Crippen LogP contribution in [0.4, 0.5) is 0 Å². The fourth-order valence-electron chi connectivity index (χ4n) is 4.56. The lowest BCUT2D eigenvalue weighted by Gasteiger charge is -2.22. The molecule has 2 heterocycles. The lowest BCUT2D eigenvalue weighted by molar-refractivity contribution is -0.142. The van der Waals surface area contributed by atoms with E-state index in [9.17, 15) is 9.90 Å². The number of carboxylic acid groups (broad SMARTS) is 1. The maximum Gasteiger partial charge on any atom is 0.320 e. The van der Waals surface area contributed by atoms with Crippen molar-refractivity contribution >= 4 is 28.9 Å². The van der Waals surface area contributed by atoms with Gasteiger partial charge in [0.2, 0.25) is 0 Å². The number of aromatic nitrogens is 2. The van der Waals surface area contributed by atoms with Crippen molar-refractivity contribution < 1.29 is 14.6 Å². The Labute approximate surface area is 209 Å². The van der Waals surface area contributed by atoms with Crippen LogP contribution in [0.25, 0.3) is 21.1 Å².